The van der Waals surface area contributed by atoms with Crippen molar-refractivity contribution in [1.82, 2.24) is 15.3 Å². The van der Waals surface area contributed by atoms with Crippen molar-refractivity contribution in [2.45, 2.75) is 45.2 Å². The van der Waals surface area contributed by atoms with Gasteiger partial charge in [0.2, 0.25) is 0 Å². The largest absolute Gasteiger partial charge is 0.298 e. The average Bonchev–Trinajstić information content (AvgIpc) is 2.76. The lowest BCUT2D eigenvalue weighted by Crippen LogP contribution is -2.50. The molecule has 0 spiro atoms. The zero-order valence-corrected chi connectivity index (χ0v) is 17.4. The highest BCUT2D eigenvalue weighted by atomic mass is 32.2. The maximum Gasteiger partial charge on any atom is 0.276 e. The summed E-state index contributed by atoms with van der Waals surface area (Å²) in [7, 11) is 0. The van der Waals surface area contributed by atoms with Gasteiger partial charge >= 0.3 is 0 Å². The van der Waals surface area contributed by atoms with Crippen LogP contribution in [0.2, 0.25) is 0 Å². The number of amides is 1. The van der Waals surface area contributed by atoms with E-state index < -0.39 is 0 Å². The first kappa shape index (κ1) is 19.6. The Balaban J connectivity index is 1.63. The molecule has 1 atom stereocenters. The molecular weight excluding hydrogens is 382 g/mol. The smallest absolute Gasteiger partial charge is 0.276 e. The molecule has 4 rings (SSSR count). The number of aromatic nitrogens is 1. The molecule has 0 bridgehead atoms. The average molecular weight is 408 g/mol. The summed E-state index contributed by atoms with van der Waals surface area (Å²) in [6, 6.07) is 11.6. The second-order valence-electron chi connectivity index (χ2n) is 7.12. The van der Waals surface area contributed by atoms with Crippen LogP contribution in [-0.4, -0.2) is 26.8 Å². The summed E-state index contributed by atoms with van der Waals surface area (Å²) < 4.78 is 0. The Hall–Kier alpha value is -2.67. The normalized spacial score (nSPS) is 17.8. The second-order valence-corrected chi connectivity index (χ2v) is 8.20. The highest BCUT2D eigenvalue weighted by Crippen LogP contribution is 2.30. The van der Waals surface area contributed by atoms with Crippen LogP contribution < -0.4 is 15.9 Å². The van der Waals surface area contributed by atoms with Gasteiger partial charge in [-0.15, -0.1) is 5.10 Å². The van der Waals surface area contributed by atoms with Crippen LogP contribution in [-0.2, 0) is 4.79 Å². The van der Waals surface area contributed by atoms with Crippen LogP contribution in [0.15, 0.2) is 58.9 Å². The van der Waals surface area contributed by atoms with Gasteiger partial charge in [0.15, 0.2) is 11.3 Å². The number of fused-ring (bicyclic) bond motifs is 2. The van der Waals surface area contributed by atoms with Crippen molar-refractivity contribution in [3.63, 3.8) is 0 Å². The summed E-state index contributed by atoms with van der Waals surface area (Å²) >= 11 is 1.60. The topological polar surface area (TPSA) is 70.0 Å². The third kappa shape index (κ3) is 4.34. The van der Waals surface area contributed by atoms with Crippen molar-refractivity contribution >= 4 is 28.5 Å². The van der Waals surface area contributed by atoms with Gasteiger partial charge in [0.1, 0.15) is 5.70 Å². The zero-order chi connectivity index (χ0) is 20.1. The monoisotopic (exact) mass is 407 g/mol. The Morgan fingerprint density at radius 3 is 2.69 bits per heavy atom. The fourth-order valence-corrected chi connectivity index (χ4v) is 4.37. The van der Waals surface area contributed by atoms with Gasteiger partial charge in [-0.1, -0.05) is 62.6 Å². The molecule has 7 heteroatoms. The number of carbonyl (C=O) groups excluding carboxylic acids is 1. The van der Waals surface area contributed by atoms with E-state index in [1.807, 2.05) is 36.4 Å². The molecule has 2 aromatic rings. The number of hydrogen-bond acceptors (Lipinski definition) is 6. The number of pyridine rings is 1. The van der Waals surface area contributed by atoms with Crippen molar-refractivity contribution in [1.29, 1.82) is 0 Å². The standard InChI is InChI=1S/C22H25N5OS/c1-2-3-4-5-8-15-29-22-25-21(28)19-17-9-6-7-10-18(17)24-20(27(19)26-22)16-11-13-23-14-12-16/h6-7,9-14,20H,2-5,8,15H2,1H3,(H,25,26,28)/t20-/m1/s1. The quantitative estimate of drug-likeness (QED) is 0.717. The molecule has 1 amide bonds. The van der Waals surface area contributed by atoms with E-state index in [1.54, 1.807) is 29.2 Å². The van der Waals surface area contributed by atoms with E-state index in [9.17, 15) is 4.79 Å². The van der Waals surface area contributed by atoms with Crippen LogP contribution in [0, 0.1) is 0 Å². The molecule has 3 heterocycles. The van der Waals surface area contributed by atoms with Gasteiger partial charge in [0.25, 0.3) is 5.91 Å². The number of unbranched alkanes of at least 4 members (excludes halogenated alkanes) is 4. The molecule has 2 aliphatic heterocycles. The van der Waals surface area contributed by atoms with E-state index in [0.717, 1.165) is 28.3 Å². The summed E-state index contributed by atoms with van der Waals surface area (Å²) in [5.41, 5.74) is 1.50. The van der Waals surface area contributed by atoms with Crippen molar-refractivity contribution in [3.8, 4) is 0 Å². The third-order valence-electron chi connectivity index (χ3n) is 5.01. The highest BCUT2D eigenvalue weighted by molar-refractivity contribution is 8.13. The molecule has 150 valence electrons. The van der Waals surface area contributed by atoms with Gasteiger partial charge in [0, 0.05) is 28.9 Å². The molecule has 0 saturated carbocycles. The minimum atomic E-state index is -0.380. The molecule has 0 radical (unpaired) electrons. The van der Waals surface area contributed by atoms with Crippen LogP contribution in [0.3, 0.4) is 0 Å². The lowest BCUT2D eigenvalue weighted by atomic mass is 10.1. The first-order chi connectivity index (χ1) is 14.3. The Morgan fingerprint density at radius 1 is 1.07 bits per heavy atom. The predicted octanol–water partition coefficient (Wildman–Crippen LogP) is 2.93. The van der Waals surface area contributed by atoms with Gasteiger partial charge in [0.05, 0.1) is 5.36 Å². The Labute approximate surface area is 174 Å². The number of rotatable bonds is 7. The molecule has 29 heavy (non-hydrogen) atoms. The van der Waals surface area contributed by atoms with Crippen molar-refractivity contribution in [2.24, 2.45) is 10.1 Å². The number of thioether (sulfide) groups is 1. The van der Waals surface area contributed by atoms with Crippen LogP contribution in [0.25, 0.3) is 5.70 Å². The first-order valence-electron chi connectivity index (χ1n) is 10.2. The fraction of sp³-hybridized carbons (Fsp3) is 0.364. The van der Waals surface area contributed by atoms with E-state index >= 15 is 0 Å². The Kier molecular flexibility index (Phi) is 6.24. The molecule has 6 nitrogen and oxygen atoms in total. The number of nitrogens with zero attached hydrogens (tertiary/aromatic N) is 4. The van der Waals surface area contributed by atoms with Gasteiger partial charge in [-0.25, -0.2) is 5.01 Å². The maximum atomic E-state index is 13.0. The summed E-state index contributed by atoms with van der Waals surface area (Å²) in [5, 5.41) is 11.8. The van der Waals surface area contributed by atoms with Crippen LogP contribution in [0.4, 0.5) is 0 Å². The minimum absolute atomic E-state index is 0.130. The first-order valence-corrected chi connectivity index (χ1v) is 11.2. The molecule has 2 aliphatic rings. The fourth-order valence-electron chi connectivity index (χ4n) is 3.52. The van der Waals surface area contributed by atoms with E-state index in [4.69, 9.17) is 10.1 Å². The number of hydrazone groups is 1. The number of amidine groups is 1. The van der Waals surface area contributed by atoms with Crippen molar-refractivity contribution in [2.75, 3.05) is 5.75 Å². The van der Waals surface area contributed by atoms with Crippen molar-refractivity contribution in [3.05, 3.63) is 64.9 Å². The zero-order valence-electron chi connectivity index (χ0n) is 16.5. The Morgan fingerprint density at radius 2 is 1.86 bits per heavy atom. The van der Waals surface area contributed by atoms with E-state index in [2.05, 4.69) is 17.2 Å². The van der Waals surface area contributed by atoms with E-state index in [0.29, 0.717) is 10.9 Å². The molecule has 0 fully saturated rings. The molecule has 1 aromatic carbocycles. The third-order valence-corrected chi connectivity index (χ3v) is 5.96. The van der Waals surface area contributed by atoms with E-state index in [-0.39, 0.29) is 12.1 Å². The number of hydrogen-bond donors (Lipinski definition) is 1. The molecular formula is C22H25N5OS. The van der Waals surface area contributed by atoms with Gasteiger partial charge in [-0.2, -0.15) is 0 Å². The molecule has 1 N–H and O–H groups in total. The van der Waals surface area contributed by atoms with Gasteiger partial charge in [-0.05, 0) is 24.6 Å². The summed E-state index contributed by atoms with van der Waals surface area (Å²) in [4.78, 5) is 22.0. The van der Waals surface area contributed by atoms with E-state index in [1.165, 1.54) is 25.7 Å². The van der Waals surface area contributed by atoms with Crippen molar-refractivity contribution < 1.29 is 4.79 Å². The van der Waals surface area contributed by atoms with Crippen LogP contribution in [0.1, 0.15) is 50.8 Å². The van der Waals surface area contributed by atoms with Crippen LogP contribution in [0.5, 0.6) is 0 Å². The Bertz CT molecular complexity index is 1020. The summed E-state index contributed by atoms with van der Waals surface area (Å²) in [6.07, 6.45) is 9.22. The SMILES string of the molecule is CCCCCCCSC1=NN2C(=c3ccccc3=N[C@H]2c2ccncc2)C(=O)N1. The predicted molar refractivity (Wildman–Crippen MR) is 116 cm³/mol. The van der Waals surface area contributed by atoms with Gasteiger partial charge < -0.3 is 0 Å². The molecule has 0 aliphatic carbocycles. The van der Waals surface area contributed by atoms with Crippen LogP contribution >= 0.6 is 11.8 Å². The number of carbonyl (C=O) groups is 1. The molecule has 0 unspecified atom stereocenters. The number of para-hydroxylation sites is 1. The lowest BCUT2D eigenvalue weighted by molar-refractivity contribution is -0.116. The summed E-state index contributed by atoms with van der Waals surface area (Å²) in [6.45, 7) is 2.22. The highest BCUT2D eigenvalue weighted by Gasteiger charge is 2.34. The molecule has 1 aromatic heterocycles. The second kappa shape index (κ2) is 9.22. The number of nitrogens with one attached hydrogen (secondary N) is 1. The summed E-state index contributed by atoms with van der Waals surface area (Å²) in [5.74, 6) is 0.814. The molecule has 0 saturated heterocycles. The minimum Gasteiger partial charge on any atom is -0.298 e. The van der Waals surface area contributed by atoms with Gasteiger partial charge in [-0.3, -0.25) is 20.1 Å². The lowest BCUT2D eigenvalue weighted by Gasteiger charge is -2.34. The number of benzene rings is 1. The maximum absolute atomic E-state index is 13.0.